The van der Waals surface area contributed by atoms with Crippen LogP contribution >= 0.6 is 0 Å². The van der Waals surface area contributed by atoms with Crippen LogP contribution in [0.1, 0.15) is 19.8 Å². The fourth-order valence-corrected chi connectivity index (χ4v) is 1.73. The second kappa shape index (κ2) is 5.54. The first-order valence-corrected chi connectivity index (χ1v) is 5.51. The van der Waals surface area contributed by atoms with Gasteiger partial charge in [-0.05, 0) is 19.4 Å². The van der Waals surface area contributed by atoms with E-state index in [0.29, 0.717) is 19.5 Å². The third-order valence-corrected chi connectivity index (χ3v) is 2.59. The van der Waals surface area contributed by atoms with Crippen molar-refractivity contribution in [2.45, 2.75) is 31.7 Å². The molecule has 94 valence electrons. The van der Waals surface area contributed by atoms with Crippen molar-refractivity contribution in [3.05, 3.63) is 0 Å². The number of hydrogen-bond acceptors (Lipinski definition) is 3. The highest BCUT2D eigenvalue weighted by molar-refractivity contribution is 5.84. The third-order valence-electron chi connectivity index (χ3n) is 2.59. The van der Waals surface area contributed by atoms with Crippen LogP contribution < -0.4 is 5.32 Å². The van der Waals surface area contributed by atoms with Gasteiger partial charge >= 0.3 is 0 Å². The second-order valence-electron chi connectivity index (χ2n) is 4.07. The summed E-state index contributed by atoms with van der Waals surface area (Å²) in [5.41, 5.74) is 0. The van der Waals surface area contributed by atoms with Gasteiger partial charge in [0, 0.05) is 6.54 Å². The molecule has 16 heavy (non-hydrogen) atoms. The van der Waals surface area contributed by atoms with E-state index in [1.165, 1.54) is 0 Å². The van der Waals surface area contributed by atoms with Gasteiger partial charge in [0.2, 0.25) is 5.91 Å². The van der Waals surface area contributed by atoms with Crippen LogP contribution in [0.4, 0.5) is 8.78 Å². The number of carbonyl (C=O) groups is 1. The molecular weight excluding hydrogens is 218 g/mol. The van der Waals surface area contributed by atoms with Crippen molar-refractivity contribution >= 4 is 5.91 Å². The first-order chi connectivity index (χ1) is 7.50. The third kappa shape index (κ3) is 3.38. The van der Waals surface area contributed by atoms with Crippen molar-refractivity contribution in [1.82, 2.24) is 10.2 Å². The Labute approximate surface area is 93.6 Å². The number of carbonyl (C=O) groups excluding carboxylic acids is 1. The van der Waals surface area contributed by atoms with Gasteiger partial charge in [0.15, 0.2) is 0 Å². The van der Waals surface area contributed by atoms with Crippen molar-refractivity contribution < 1.29 is 18.7 Å². The van der Waals surface area contributed by atoms with Crippen molar-refractivity contribution in [1.29, 1.82) is 0 Å². The zero-order chi connectivity index (χ0) is 12.2. The summed E-state index contributed by atoms with van der Waals surface area (Å²) in [5, 5.41) is 11.5. The van der Waals surface area contributed by atoms with Crippen LogP contribution in [-0.2, 0) is 4.79 Å². The zero-order valence-corrected chi connectivity index (χ0v) is 9.38. The van der Waals surface area contributed by atoms with Gasteiger partial charge in [0.1, 0.15) is 6.61 Å². The van der Waals surface area contributed by atoms with Crippen LogP contribution in [0.2, 0.25) is 0 Å². The molecule has 0 saturated carbocycles. The van der Waals surface area contributed by atoms with E-state index in [-0.39, 0.29) is 11.9 Å². The molecule has 0 aromatic carbocycles. The van der Waals surface area contributed by atoms with E-state index in [1.807, 2.05) is 6.92 Å². The SMILES string of the molecule is CCCNC1CCN(CC(F)(F)CO)C1=O. The summed E-state index contributed by atoms with van der Waals surface area (Å²) in [6, 6.07) is -0.338. The fourth-order valence-electron chi connectivity index (χ4n) is 1.73. The molecule has 0 bridgehead atoms. The fraction of sp³-hybridized carbons (Fsp3) is 0.900. The monoisotopic (exact) mass is 236 g/mol. The van der Waals surface area contributed by atoms with Crippen molar-refractivity contribution in [3.63, 3.8) is 0 Å². The largest absolute Gasteiger partial charge is 0.390 e. The number of alkyl halides is 2. The highest BCUT2D eigenvalue weighted by Crippen LogP contribution is 2.19. The predicted octanol–water partition coefficient (Wildman–Crippen LogP) is 0.214. The average Bonchev–Trinajstić information content (AvgIpc) is 2.57. The number of aliphatic hydroxyl groups is 1. The molecular formula is C10H18F2N2O2. The van der Waals surface area contributed by atoms with Gasteiger partial charge < -0.3 is 15.3 Å². The summed E-state index contributed by atoms with van der Waals surface area (Å²) < 4.78 is 25.8. The first-order valence-electron chi connectivity index (χ1n) is 5.51. The summed E-state index contributed by atoms with van der Waals surface area (Å²) in [4.78, 5) is 12.8. The number of halogens is 2. The molecule has 0 spiro atoms. The molecule has 0 aromatic heterocycles. The maximum absolute atomic E-state index is 12.9. The molecule has 1 heterocycles. The standard InChI is InChI=1S/C10H18F2N2O2/c1-2-4-13-8-3-5-14(9(8)16)6-10(11,12)7-15/h8,13,15H,2-7H2,1H3. The van der Waals surface area contributed by atoms with Crippen molar-refractivity contribution in [3.8, 4) is 0 Å². The minimum absolute atomic E-state index is 0.290. The van der Waals surface area contributed by atoms with Gasteiger partial charge in [-0.15, -0.1) is 0 Å². The first kappa shape index (κ1) is 13.3. The van der Waals surface area contributed by atoms with E-state index >= 15 is 0 Å². The molecule has 1 fully saturated rings. The second-order valence-corrected chi connectivity index (χ2v) is 4.07. The van der Waals surface area contributed by atoms with Gasteiger partial charge in [-0.25, -0.2) is 8.78 Å². The Kier molecular flexibility index (Phi) is 4.61. The van der Waals surface area contributed by atoms with E-state index in [9.17, 15) is 13.6 Å². The van der Waals surface area contributed by atoms with Gasteiger partial charge in [0.25, 0.3) is 5.92 Å². The summed E-state index contributed by atoms with van der Waals surface area (Å²) in [6.45, 7) is 1.11. The normalized spacial score (nSPS) is 21.9. The molecule has 2 N–H and O–H groups in total. The van der Waals surface area contributed by atoms with Crippen LogP contribution in [0.25, 0.3) is 0 Å². The molecule has 0 aliphatic carbocycles. The smallest absolute Gasteiger partial charge is 0.287 e. The van der Waals surface area contributed by atoms with E-state index in [0.717, 1.165) is 11.3 Å². The topological polar surface area (TPSA) is 52.6 Å². The van der Waals surface area contributed by atoms with E-state index in [2.05, 4.69) is 5.32 Å². The Morgan fingerprint density at radius 2 is 2.31 bits per heavy atom. The summed E-state index contributed by atoms with van der Waals surface area (Å²) >= 11 is 0. The Morgan fingerprint density at radius 3 is 2.88 bits per heavy atom. The van der Waals surface area contributed by atoms with Crippen molar-refractivity contribution in [2.24, 2.45) is 0 Å². The molecule has 1 aliphatic heterocycles. The minimum atomic E-state index is -3.20. The Morgan fingerprint density at radius 1 is 1.62 bits per heavy atom. The Hall–Kier alpha value is -0.750. The minimum Gasteiger partial charge on any atom is -0.390 e. The van der Waals surface area contributed by atoms with Gasteiger partial charge in [-0.1, -0.05) is 6.92 Å². The highest BCUT2D eigenvalue weighted by atomic mass is 19.3. The van der Waals surface area contributed by atoms with Crippen LogP contribution in [0.3, 0.4) is 0 Å². The lowest BCUT2D eigenvalue weighted by Gasteiger charge is -2.22. The maximum Gasteiger partial charge on any atom is 0.287 e. The molecule has 1 saturated heterocycles. The molecule has 1 rings (SSSR count). The number of nitrogens with one attached hydrogen (secondary N) is 1. The van der Waals surface area contributed by atoms with E-state index in [4.69, 9.17) is 5.11 Å². The van der Waals surface area contributed by atoms with E-state index in [1.54, 1.807) is 0 Å². The van der Waals surface area contributed by atoms with Crippen LogP contribution in [0.15, 0.2) is 0 Å². The van der Waals surface area contributed by atoms with Crippen LogP contribution in [-0.4, -0.2) is 54.1 Å². The van der Waals surface area contributed by atoms with Crippen molar-refractivity contribution in [2.75, 3.05) is 26.2 Å². The summed E-state index contributed by atoms with van der Waals surface area (Å²) in [6.07, 6.45) is 1.46. The molecule has 1 unspecified atom stereocenters. The molecule has 1 atom stereocenters. The van der Waals surface area contributed by atoms with Gasteiger partial charge in [-0.2, -0.15) is 0 Å². The number of likely N-dealkylation sites (tertiary alicyclic amines) is 1. The lowest BCUT2D eigenvalue weighted by molar-refractivity contribution is -0.136. The number of aliphatic hydroxyl groups excluding tert-OH is 1. The zero-order valence-electron chi connectivity index (χ0n) is 9.38. The molecule has 1 aliphatic rings. The van der Waals surface area contributed by atoms with E-state index < -0.39 is 19.1 Å². The van der Waals surface area contributed by atoms with Crippen LogP contribution in [0.5, 0.6) is 0 Å². The quantitative estimate of drug-likeness (QED) is 0.693. The molecule has 0 radical (unpaired) electrons. The Bertz CT molecular complexity index is 249. The maximum atomic E-state index is 12.9. The lowest BCUT2D eigenvalue weighted by Crippen LogP contribution is -2.44. The molecule has 6 heteroatoms. The number of hydrogen-bond donors (Lipinski definition) is 2. The summed E-state index contributed by atoms with van der Waals surface area (Å²) in [5.74, 6) is -3.49. The number of rotatable bonds is 6. The van der Waals surface area contributed by atoms with Gasteiger partial charge in [0.05, 0.1) is 12.6 Å². The molecule has 1 amide bonds. The predicted molar refractivity (Wildman–Crippen MR) is 55.3 cm³/mol. The van der Waals surface area contributed by atoms with Crippen LogP contribution in [0, 0.1) is 0 Å². The Balaban J connectivity index is 2.44. The lowest BCUT2D eigenvalue weighted by atomic mass is 10.2. The molecule has 4 nitrogen and oxygen atoms in total. The highest BCUT2D eigenvalue weighted by Gasteiger charge is 2.38. The summed E-state index contributed by atoms with van der Waals surface area (Å²) in [7, 11) is 0. The average molecular weight is 236 g/mol. The number of nitrogens with zero attached hydrogens (tertiary/aromatic N) is 1. The molecule has 0 aromatic rings. The van der Waals surface area contributed by atoms with Gasteiger partial charge in [-0.3, -0.25) is 4.79 Å². The number of amides is 1.